The quantitative estimate of drug-likeness (QED) is 0.611. The Balaban J connectivity index is 2.41. The van der Waals surface area contributed by atoms with Crippen molar-refractivity contribution in [3.63, 3.8) is 0 Å². The Labute approximate surface area is 106 Å². The Morgan fingerprint density at radius 1 is 1.41 bits per heavy atom. The summed E-state index contributed by atoms with van der Waals surface area (Å²) >= 11 is 0. The fraction of sp³-hybridized carbons (Fsp3) is 1.00. The van der Waals surface area contributed by atoms with Gasteiger partial charge in [-0.1, -0.05) is 6.92 Å². The molecule has 0 aliphatic carbocycles. The Morgan fingerprint density at radius 2 is 2.06 bits per heavy atom. The van der Waals surface area contributed by atoms with Crippen molar-refractivity contribution in [1.29, 1.82) is 0 Å². The first kappa shape index (κ1) is 14.9. The van der Waals surface area contributed by atoms with E-state index in [1.54, 1.807) is 0 Å². The average Bonchev–Trinajstić information content (AvgIpc) is 2.37. The van der Waals surface area contributed by atoms with E-state index in [-0.39, 0.29) is 12.1 Å². The van der Waals surface area contributed by atoms with Crippen LogP contribution in [0.3, 0.4) is 0 Å². The normalized spacial score (nSPS) is 22.6. The minimum absolute atomic E-state index is 0.126. The number of nitrogens with one attached hydrogen (secondary N) is 1. The highest BCUT2D eigenvalue weighted by atomic mass is 16.2. The Bertz CT molecular complexity index is 203. The van der Waals surface area contributed by atoms with E-state index in [1.807, 2.05) is 0 Å². The van der Waals surface area contributed by atoms with Crippen LogP contribution in [0.4, 0.5) is 0 Å². The van der Waals surface area contributed by atoms with Gasteiger partial charge in [0.25, 0.3) is 0 Å². The van der Waals surface area contributed by atoms with Gasteiger partial charge in [-0.3, -0.25) is 0 Å². The lowest BCUT2D eigenvalue weighted by Crippen LogP contribution is -2.59. The Hall–Kier alpha value is -0.160. The molecule has 17 heavy (non-hydrogen) atoms. The maximum Gasteiger partial charge on any atom is 0.0431 e. The lowest BCUT2D eigenvalue weighted by molar-refractivity contribution is 0.132. The Kier molecular flexibility index (Phi) is 6.41. The molecule has 0 amide bonds. The third-order valence-corrected chi connectivity index (χ3v) is 4.00. The summed E-state index contributed by atoms with van der Waals surface area (Å²) in [6.07, 6.45) is 4.17. The van der Waals surface area contributed by atoms with Crippen molar-refractivity contribution in [2.75, 3.05) is 32.8 Å². The number of likely N-dealkylation sites (tertiary alicyclic amines) is 1. The molecule has 1 saturated heterocycles. The molecule has 1 rings (SSSR count). The van der Waals surface area contributed by atoms with Crippen LogP contribution in [0.5, 0.6) is 0 Å². The van der Waals surface area contributed by atoms with Crippen LogP contribution in [0.25, 0.3) is 0 Å². The van der Waals surface area contributed by atoms with E-state index in [4.69, 9.17) is 10.8 Å². The monoisotopic (exact) mass is 243 g/mol. The molecule has 4 nitrogen and oxygen atoms in total. The van der Waals surface area contributed by atoms with Gasteiger partial charge in [0.2, 0.25) is 0 Å². The highest BCUT2D eigenvalue weighted by molar-refractivity contribution is 4.95. The summed E-state index contributed by atoms with van der Waals surface area (Å²) in [5.41, 5.74) is 6.10. The Morgan fingerprint density at radius 3 is 2.53 bits per heavy atom. The van der Waals surface area contributed by atoms with E-state index in [9.17, 15) is 0 Å². The predicted octanol–water partition coefficient (Wildman–Crippen LogP) is 0.550. The molecule has 4 heteroatoms. The summed E-state index contributed by atoms with van der Waals surface area (Å²) in [6, 6.07) is 0.443. The molecule has 0 radical (unpaired) electrons. The van der Waals surface area contributed by atoms with Gasteiger partial charge in [0, 0.05) is 24.7 Å². The summed E-state index contributed by atoms with van der Waals surface area (Å²) in [5.74, 6) is 0. The maximum atomic E-state index is 8.85. The van der Waals surface area contributed by atoms with E-state index < -0.39 is 0 Å². The highest BCUT2D eigenvalue weighted by Gasteiger charge is 2.33. The van der Waals surface area contributed by atoms with Crippen LogP contribution in [0.15, 0.2) is 0 Å². The second-order valence-electron chi connectivity index (χ2n) is 5.33. The molecule has 0 aromatic carbocycles. The largest absolute Gasteiger partial charge is 0.396 e. The molecular formula is C13H29N3O. The fourth-order valence-corrected chi connectivity index (χ4v) is 2.70. The summed E-state index contributed by atoms with van der Waals surface area (Å²) in [4.78, 5) is 2.48. The van der Waals surface area contributed by atoms with Crippen LogP contribution in [0, 0.1) is 0 Å². The standard InChI is InChI=1S/C13H29N3O/c1-3-16-8-6-13(11-14,7-9-16)15-12(2)5-4-10-17/h12,15,17H,3-11,14H2,1-2H3. The lowest BCUT2D eigenvalue weighted by Gasteiger charge is -2.43. The zero-order valence-electron chi connectivity index (χ0n) is 11.4. The van der Waals surface area contributed by atoms with Crippen LogP contribution in [-0.2, 0) is 0 Å². The maximum absolute atomic E-state index is 8.85. The zero-order chi connectivity index (χ0) is 12.7. The van der Waals surface area contributed by atoms with Crippen molar-refractivity contribution in [3.8, 4) is 0 Å². The van der Waals surface area contributed by atoms with Crippen LogP contribution in [-0.4, -0.2) is 54.4 Å². The van der Waals surface area contributed by atoms with Gasteiger partial charge in [0.1, 0.15) is 0 Å². The second-order valence-corrected chi connectivity index (χ2v) is 5.33. The predicted molar refractivity (Wildman–Crippen MR) is 72.1 cm³/mol. The van der Waals surface area contributed by atoms with E-state index in [1.165, 1.54) is 0 Å². The van der Waals surface area contributed by atoms with Gasteiger partial charge in [-0.05, 0) is 52.2 Å². The van der Waals surface area contributed by atoms with Crippen molar-refractivity contribution in [3.05, 3.63) is 0 Å². The minimum atomic E-state index is 0.126. The molecule has 1 unspecified atom stereocenters. The number of hydrogen-bond acceptors (Lipinski definition) is 4. The highest BCUT2D eigenvalue weighted by Crippen LogP contribution is 2.22. The summed E-state index contributed by atoms with van der Waals surface area (Å²) in [7, 11) is 0. The summed E-state index contributed by atoms with van der Waals surface area (Å²) in [5, 5.41) is 12.5. The minimum Gasteiger partial charge on any atom is -0.396 e. The van der Waals surface area contributed by atoms with E-state index in [0.717, 1.165) is 45.3 Å². The average molecular weight is 243 g/mol. The first-order chi connectivity index (χ1) is 8.15. The number of piperidine rings is 1. The van der Waals surface area contributed by atoms with Gasteiger partial charge < -0.3 is 21.1 Å². The van der Waals surface area contributed by atoms with E-state index in [0.29, 0.717) is 12.6 Å². The van der Waals surface area contributed by atoms with Gasteiger partial charge in [0.05, 0.1) is 0 Å². The topological polar surface area (TPSA) is 61.5 Å². The molecule has 1 atom stereocenters. The molecule has 1 fully saturated rings. The molecule has 0 spiro atoms. The van der Waals surface area contributed by atoms with Gasteiger partial charge >= 0.3 is 0 Å². The van der Waals surface area contributed by atoms with Gasteiger partial charge in [-0.25, -0.2) is 0 Å². The van der Waals surface area contributed by atoms with Crippen molar-refractivity contribution in [2.45, 2.75) is 51.1 Å². The molecule has 1 aliphatic heterocycles. The second kappa shape index (κ2) is 7.31. The fourth-order valence-electron chi connectivity index (χ4n) is 2.70. The molecule has 0 bridgehead atoms. The van der Waals surface area contributed by atoms with Crippen molar-refractivity contribution in [1.82, 2.24) is 10.2 Å². The number of rotatable bonds is 7. The van der Waals surface area contributed by atoms with Gasteiger partial charge in [0.15, 0.2) is 0 Å². The van der Waals surface area contributed by atoms with Crippen LogP contribution < -0.4 is 11.1 Å². The van der Waals surface area contributed by atoms with E-state index in [2.05, 4.69) is 24.1 Å². The first-order valence-corrected chi connectivity index (χ1v) is 6.97. The molecular weight excluding hydrogens is 214 g/mol. The molecule has 1 aliphatic rings. The molecule has 4 N–H and O–H groups in total. The van der Waals surface area contributed by atoms with Crippen molar-refractivity contribution < 1.29 is 5.11 Å². The SMILES string of the molecule is CCN1CCC(CN)(NC(C)CCCO)CC1. The smallest absolute Gasteiger partial charge is 0.0431 e. The third-order valence-electron chi connectivity index (χ3n) is 4.00. The number of nitrogens with zero attached hydrogens (tertiary/aromatic N) is 1. The third kappa shape index (κ3) is 4.54. The summed E-state index contributed by atoms with van der Waals surface area (Å²) < 4.78 is 0. The molecule has 0 aromatic heterocycles. The number of aliphatic hydroxyl groups excluding tert-OH is 1. The number of aliphatic hydroxyl groups is 1. The van der Waals surface area contributed by atoms with Crippen molar-refractivity contribution in [2.24, 2.45) is 5.73 Å². The number of hydrogen-bond donors (Lipinski definition) is 3. The first-order valence-electron chi connectivity index (χ1n) is 6.97. The molecule has 0 saturated carbocycles. The number of nitrogens with two attached hydrogens (primary N) is 1. The van der Waals surface area contributed by atoms with Gasteiger partial charge in [-0.2, -0.15) is 0 Å². The zero-order valence-corrected chi connectivity index (χ0v) is 11.4. The summed E-state index contributed by atoms with van der Waals surface area (Å²) in [6.45, 7) is 8.84. The van der Waals surface area contributed by atoms with Crippen molar-refractivity contribution >= 4 is 0 Å². The van der Waals surface area contributed by atoms with Gasteiger partial charge in [-0.15, -0.1) is 0 Å². The molecule has 102 valence electrons. The lowest BCUT2D eigenvalue weighted by atomic mass is 9.86. The van der Waals surface area contributed by atoms with Crippen LogP contribution >= 0.6 is 0 Å². The van der Waals surface area contributed by atoms with Crippen LogP contribution in [0.1, 0.15) is 39.5 Å². The molecule has 0 aromatic rings. The van der Waals surface area contributed by atoms with E-state index >= 15 is 0 Å². The molecule has 1 heterocycles. The van der Waals surface area contributed by atoms with Crippen LogP contribution in [0.2, 0.25) is 0 Å².